The smallest absolute Gasteiger partial charge is 0.156 e. The number of fused-ring (bicyclic) bond motifs is 5. The van der Waals surface area contributed by atoms with Gasteiger partial charge in [-0.1, -0.05) is 18.6 Å². The summed E-state index contributed by atoms with van der Waals surface area (Å²) in [6.07, 6.45) is 8.82. The van der Waals surface area contributed by atoms with E-state index in [0.717, 1.165) is 31.3 Å². The number of carbonyl (C=O) groups excluding carboxylic acids is 3. The molecule has 0 aromatic carbocycles. The van der Waals surface area contributed by atoms with Crippen LogP contribution in [0.2, 0.25) is 0 Å². The Kier molecular flexibility index (Phi) is 3.33. The van der Waals surface area contributed by atoms with Crippen LogP contribution >= 0.6 is 0 Å². The maximum Gasteiger partial charge on any atom is 0.156 e. The summed E-state index contributed by atoms with van der Waals surface area (Å²) < 4.78 is 0. The first-order chi connectivity index (χ1) is 11.3. The van der Waals surface area contributed by atoms with Crippen molar-refractivity contribution in [2.45, 2.75) is 59.3 Å². The summed E-state index contributed by atoms with van der Waals surface area (Å²) in [4.78, 5) is 37.1. The molecule has 5 atom stereocenters. The molecule has 0 aromatic heterocycles. The first-order valence-electron chi connectivity index (χ1n) is 9.27. The van der Waals surface area contributed by atoms with Gasteiger partial charge in [-0.3, -0.25) is 14.4 Å². The first kappa shape index (κ1) is 16.0. The fraction of sp³-hybridized carbons (Fsp3) is 0.667. The van der Waals surface area contributed by atoms with Gasteiger partial charge in [0.25, 0.3) is 0 Å². The van der Waals surface area contributed by atoms with E-state index in [2.05, 4.69) is 6.92 Å². The molecular formula is C21H26O3. The van der Waals surface area contributed by atoms with Gasteiger partial charge in [0.05, 0.1) is 5.41 Å². The summed E-state index contributed by atoms with van der Waals surface area (Å²) in [5.74, 6) is 1.62. The lowest BCUT2D eigenvalue weighted by Crippen LogP contribution is -2.54. The molecule has 0 aliphatic heterocycles. The highest BCUT2D eigenvalue weighted by Gasteiger charge is 2.61. The molecule has 4 rings (SSSR count). The molecule has 24 heavy (non-hydrogen) atoms. The van der Waals surface area contributed by atoms with Crippen molar-refractivity contribution in [2.24, 2.45) is 28.6 Å². The molecule has 0 saturated heterocycles. The normalized spacial score (nSPS) is 44.2. The van der Waals surface area contributed by atoms with Crippen molar-refractivity contribution < 1.29 is 14.4 Å². The van der Waals surface area contributed by atoms with Crippen LogP contribution in [-0.2, 0) is 14.4 Å². The topological polar surface area (TPSA) is 51.2 Å². The molecule has 128 valence electrons. The maximum absolute atomic E-state index is 13.2. The minimum absolute atomic E-state index is 0.00715. The molecule has 4 aliphatic carbocycles. The van der Waals surface area contributed by atoms with Gasteiger partial charge in [0.2, 0.25) is 0 Å². The third-order valence-corrected chi connectivity index (χ3v) is 7.80. The summed E-state index contributed by atoms with van der Waals surface area (Å²) in [5, 5.41) is 0. The molecule has 3 nitrogen and oxygen atoms in total. The van der Waals surface area contributed by atoms with Crippen LogP contribution in [0.1, 0.15) is 59.3 Å². The van der Waals surface area contributed by atoms with Crippen LogP contribution in [0.4, 0.5) is 0 Å². The number of hydrogen-bond acceptors (Lipinski definition) is 3. The van der Waals surface area contributed by atoms with Crippen molar-refractivity contribution in [2.75, 3.05) is 0 Å². The van der Waals surface area contributed by atoms with Gasteiger partial charge in [0.15, 0.2) is 11.6 Å². The lowest BCUT2D eigenvalue weighted by Gasteiger charge is -2.56. The zero-order valence-electron chi connectivity index (χ0n) is 14.9. The minimum atomic E-state index is -0.574. The summed E-state index contributed by atoms with van der Waals surface area (Å²) in [6.45, 7) is 5.87. The van der Waals surface area contributed by atoms with Gasteiger partial charge in [-0.25, -0.2) is 0 Å². The van der Waals surface area contributed by atoms with E-state index in [-0.39, 0.29) is 28.7 Å². The van der Waals surface area contributed by atoms with E-state index in [0.29, 0.717) is 24.7 Å². The fourth-order valence-corrected chi connectivity index (χ4v) is 6.38. The predicted molar refractivity (Wildman–Crippen MR) is 91.2 cm³/mol. The molecule has 0 bridgehead atoms. The van der Waals surface area contributed by atoms with Crippen LogP contribution in [0.3, 0.4) is 0 Å². The third-order valence-electron chi connectivity index (χ3n) is 7.80. The molecule has 2 saturated carbocycles. The van der Waals surface area contributed by atoms with Gasteiger partial charge in [-0.05, 0) is 68.8 Å². The van der Waals surface area contributed by atoms with Crippen LogP contribution in [0, 0.1) is 28.6 Å². The summed E-state index contributed by atoms with van der Waals surface area (Å²) in [7, 11) is 0. The van der Waals surface area contributed by atoms with Crippen molar-refractivity contribution >= 4 is 17.3 Å². The Morgan fingerprint density at radius 3 is 2.62 bits per heavy atom. The van der Waals surface area contributed by atoms with E-state index in [9.17, 15) is 14.4 Å². The van der Waals surface area contributed by atoms with Gasteiger partial charge in [0.1, 0.15) is 5.78 Å². The Hall–Kier alpha value is -1.51. The zero-order valence-corrected chi connectivity index (χ0v) is 14.9. The first-order valence-corrected chi connectivity index (χ1v) is 9.27. The Labute approximate surface area is 143 Å². The largest absolute Gasteiger partial charge is 0.299 e. The Morgan fingerprint density at radius 1 is 1.17 bits per heavy atom. The number of rotatable bonds is 1. The number of carbonyl (C=O) groups is 3. The van der Waals surface area contributed by atoms with Gasteiger partial charge in [-0.15, -0.1) is 0 Å². The molecule has 0 spiro atoms. The van der Waals surface area contributed by atoms with E-state index in [4.69, 9.17) is 0 Å². The van der Waals surface area contributed by atoms with E-state index in [1.165, 1.54) is 5.57 Å². The number of Topliss-reactive ketones (excluding diaryl/α,β-unsaturated/α-hetero) is 2. The number of hydrogen-bond donors (Lipinski definition) is 0. The fourth-order valence-electron chi connectivity index (χ4n) is 6.38. The molecule has 0 N–H and O–H groups in total. The van der Waals surface area contributed by atoms with Crippen molar-refractivity contribution in [3.8, 4) is 0 Å². The summed E-state index contributed by atoms with van der Waals surface area (Å²) >= 11 is 0. The molecule has 0 aromatic rings. The zero-order chi connectivity index (χ0) is 17.3. The molecule has 0 unspecified atom stereocenters. The van der Waals surface area contributed by atoms with E-state index in [1.807, 2.05) is 19.1 Å². The van der Waals surface area contributed by atoms with Gasteiger partial charge in [-0.2, -0.15) is 0 Å². The van der Waals surface area contributed by atoms with E-state index < -0.39 is 5.41 Å². The van der Waals surface area contributed by atoms with E-state index in [1.54, 1.807) is 6.92 Å². The van der Waals surface area contributed by atoms with Crippen molar-refractivity contribution in [1.82, 2.24) is 0 Å². The molecule has 0 amide bonds. The Bertz CT molecular complexity index is 713. The van der Waals surface area contributed by atoms with Crippen LogP contribution in [-0.4, -0.2) is 17.3 Å². The molecule has 2 fully saturated rings. The molecule has 4 aliphatic rings. The maximum atomic E-state index is 13.2. The quantitative estimate of drug-likeness (QED) is 0.736. The predicted octanol–water partition coefficient (Wildman–Crippen LogP) is 3.82. The Morgan fingerprint density at radius 2 is 1.92 bits per heavy atom. The number of allylic oxidation sites excluding steroid dienone is 4. The van der Waals surface area contributed by atoms with Crippen molar-refractivity contribution in [3.63, 3.8) is 0 Å². The highest BCUT2D eigenvalue weighted by atomic mass is 16.1. The standard InChI is InChI=1S/C21H26O3/c1-12(22)16-6-7-17-15-5-4-13-10-14(23)8-9-20(13,2)18(15)11-19(24)21(16,17)3/h6,10,15,17-18H,4-5,7-9,11H2,1-3H3/t15-,17-,18-,20-,21+/m0/s1. The molecular weight excluding hydrogens is 300 g/mol. The van der Waals surface area contributed by atoms with E-state index >= 15 is 0 Å². The second kappa shape index (κ2) is 5.00. The van der Waals surface area contributed by atoms with Crippen molar-refractivity contribution in [3.05, 3.63) is 23.3 Å². The summed E-state index contributed by atoms with van der Waals surface area (Å²) in [5.41, 5.74) is 1.44. The van der Waals surface area contributed by atoms with Gasteiger partial charge >= 0.3 is 0 Å². The van der Waals surface area contributed by atoms with Crippen LogP contribution in [0.5, 0.6) is 0 Å². The molecule has 0 heterocycles. The minimum Gasteiger partial charge on any atom is -0.299 e. The average molecular weight is 326 g/mol. The Balaban J connectivity index is 1.74. The summed E-state index contributed by atoms with van der Waals surface area (Å²) in [6, 6.07) is 0. The second-order valence-electron chi connectivity index (χ2n) is 8.71. The number of ketones is 3. The van der Waals surface area contributed by atoms with Crippen molar-refractivity contribution in [1.29, 1.82) is 0 Å². The highest BCUT2D eigenvalue weighted by Crippen LogP contribution is 2.64. The third kappa shape index (κ3) is 1.87. The van der Waals surface area contributed by atoms with Gasteiger partial charge in [0, 0.05) is 18.4 Å². The molecule has 3 heteroatoms. The monoisotopic (exact) mass is 326 g/mol. The van der Waals surface area contributed by atoms with Crippen LogP contribution < -0.4 is 0 Å². The SMILES string of the molecule is CC(=O)C1=CC[C@H]2[C@@H]3CCC4=CC(=O)CC[C@]4(C)[C@H]3CC(=O)[C@]12C. The lowest BCUT2D eigenvalue weighted by atomic mass is 9.46. The lowest BCUT2D eigenvalue weighted by molar-refractivity contribution is -0.143. The van der Waals surface area contributed by atoms with Gasteiger partial charge < -0.3 is 0 Å². The van der Waals surface area contributed by atoms with Crippen LogP contribution in [0.25, 0.3) is 0 Å². The average Bonchev–Trinajstić information content (AvgIpc) is 2.88. The van der Waals surface area contributed by atoms with Crippen LogP contribution in [0.15, 0.2) is 23.3 Å². The highest BCUT2D eigenvalue weighted by molar-refractivity contribution is 6.04. The molecule has 0 radical (unpaired) electrons. The second-order valence-corrected chi connectivity index (χ2v) is 8.71.